The van der Waals surface area contributed by atoms with Gasteiger partial charge in [0.05, 0.1) is 17.8 Å². The number of hydrogen-bond acceptors (Lipinski definition) is 4. The van der Waals surface area contributed by atoms with Crippen molar-refractivity contribution in [1.29, 1.82) is 0 Å². The van der Waals surface area contributed by atoms with E-state index >= 15 is 0 Å². The van der Waals surface area contributed by atoms with E-state index in [1.807, 2.05) is 6.08 Å². The Kier molecular flexibility index (Phi) is 8.55. The molecule has 4 heteroatoms. The van der Waals surface area contributed by atoms with Crippen molar-refractivity contribution in [1.82, 2.24) is 0 Å². The molecule has 0 radical (unpaired) electrons. The standard InChI is InChI=1S/C21H36O4/c1-14(2)17-7-6-12-21(5,25)13-19(23)20(24)16(4)9-11-18(22)15(3)8-10-17/h6-7,14,17-20,22-25H,3-4,8-13H2,1-2,5H3. The highest BCUT2D eigenvalue weighted by molar-refractivity contribution is 5.10. The van der Waals surface area contributed by atoms with Gasteiger partial charge in [-0.2, -0.15) is 0 Å². The van der Waals surface area contributed by atoms with Crippen molar-refractivity contribution in [3.8, 4) is 0 Å². The summed E-state index contributed by atoms with van der Waals surface area (Å²) in [6.07, 6.45) is 4.21. The van der Waals surface area contributed by atoms with E-state index < -0.39 is 23.9 Å². The fourth-order valence-electron chi connectivity index (χ4n) is 3.26. The fraction of sp³-hybridized carbons (Fsp3) is 0.714. The number of allylic oxidation sites excluding steroid dienone is 1. The molecule has 25 heavy (non-hydrogen) atoms. The molecule has 144 valence electrons. The Morgan fingerprint density at radius 2 is 1.68 bits per heavy atom. The highest BCUT2D eigenvalue weighted by Gasteiger charge is 2.29. The average molecular weight is 353 g/mol. The summed E-state index contributed by atoms with van der Waals surface area (Å²) >= 11 is 0. The summed E-state index contributed by atoms with van der Waals surface area (Å²) in [5, 5.41) is 41.3. The molecule has 0 aromatic rings. The van der Waals surface area contributed by atoms with Crippen molar-refractivity contribution in [3.63, 3.8) is 0 Å². The smallest absolute Gasteiger partial charge is 0.101 e. The molecule has 0 aromatic carbocycles. The van der Waals surface area contributed by atoms with Crippen LogP contribution in [0.5, 0.6) is 0 Å². The van der Waals surface area contributed by atoms with Crippen molar-refractivity contribution >= 4 is 0 Å². The van der Waals surface area contributed by atoms with Gasteiger partial charge in [0.15, 0.2) is 0 Å². The quantitative estimate of drug-likeness (QED) is 0.547. The second-order valence-electron chi connectivity index (χ2n) is 8.16. The minimum Gasteiger partial charge on any atom is -0.390 e. The van der Waals surface area contributed by atoms with Crippen LogP contribution in [0.15, 0.2) is 36.5 Å². The summed E-state index contributed by atoms with van der Waals surface area (Å²) in [6.45, 7) is 13.8. The summed E-state index contributed by atoms with van der Waals surface area (Å²) in [7, 11) is 0. The van der Waals surface area contributed by atoms with E-state index in [0.717, 1.165) is 18.4 Å². The third kappa shape index (κ3) is 7.45. The molecule has 5 atom stereocenters. The maximum Gasteiger partial charge on any atom is 0.101 e. The minimum absolute atomic E-state index is 0.0686. The molecule has 4 N–H and O–H groups in total. The van der Waals surface area contributed by atoms with Gasteiger partial charge in [-0.3, -0.25) is 0 Å². The Bertz CT molecular complexity index is 478. The van der Waals surface area contributed by atoms with Gasteiger partial charge in [-0.05, 0) is 62.0 Å². The maximum absolute atomic E-state index is 10.5. The molecule has 0 amide bonds. The Labute approximate surface area is 152 Å². The zero-order chi connectivity index (χ0) is 19.2. The van der Waals surface area contributed by atoms with Crippen molar-refractivity contribution in [3.05, 3.63) is 36.5 Å². The first-order valence-electron chi connectivity index (χ1n) is 9.32. The molecule has 1 aliphatic rings. The summed E-state index contributed by atoms with van der Waals surface area (Å²) in [6, 6.07) is 0. The molecule has 5 unspecified atom stereocenters. The van der Waals surface area contributed by atoms with Gasteiger partial charge < -0.3 is 20.4 Å². The van der Waals surface area contributed by atoms with E-state index in [1.165, 1.54) is 0 Å². The average Bonchev–Trinajstić information content (AvgIpc) is 2.52. The van der Waals surface area contributed by atoms with Gasteiger partial charge in [0.1, 0.15) is 6.10 Å². The van der Waals surface area contributed by atoms with E-state index in [2.05, 4.69) is 33.1 Å². The molecule has 0 saturated carbocycles. The van der Waals surface area contributed by atoms with Gasteiger partial charge in [-0.25, -0.2) is 0 Å². The van der Waals surface area contributed by atoms with Gasteiger partial charge in [0.25, 0.3) is 0 Å². The predicted octanol–water partition coefficient (Wildman–Crippen LogP) is 3.12. The third-order valence-corrected chi connectivity index (χ3v) is 5.24. The van der Waals surface area contributed by atoms with Crippen LogP contribution in [0.25, 0.3) is 0 Å². The number of hydrogen-bond donors (Lipinski definition) is 4. The van der Waals surface area contributed by atoms with E-state index in [0.29, 0.717) is 36.7 Å². The first kappa shape index (κ1) is 22.1. The van der Waals surface area contributed by atoms with Gasteiger partial charge in [-0.1, -0.05) is 39.2 Å². The SMILES string of the molecule is C=C1CCC(C(C)C)C=CCC(C)(O)CC(O)C(O)C(=C)CCC1O. The van der Waals surface area contributed by atoms with Crippen LogP contribution in [0, 0.1) is 11.8 Å². The molecule has 0 aromatic heterocycles. The molecule has 0 spiro atoms. The van der Waals surface area contributed by atoms with E-state index in [1.54, 1.807) is 6.92 Å². The largest absolute Gasteiger partial charge is 0.390 e. The second kappa shape index (κ2) is 9.67. The lowest BCUT2D eigenvalue weighted by atomic mass is 9.87. The summed E-state index contributed by atoms with van der Waals surface area (Å²) in [4.78, 5) is 0. The Morgan fingerprint density at radius 1 is 1.08 bits per heavy atom. The zero-order valence-corrected chi connectivity index (χ0v) is 16.0. The van der Waals surface area contributed by atoms with Gasteiger partial charge in [0, 0.05) is 6.42 Å². The van der Waals surface area contributed by atoms with Crippen LogP contribution >= 0.6 is 0 Å². The van der Waals surface area contributed by atoms with Crippen LogP contribution in [0.1, 0.15) is 59.3 Å². The van der Waals surface area contributed by atoms with E-state index in [9.17, 15) is 20.4 Å². The lowest BCUT2D eigenvalue weighted by Crippen LogP contribution is -2.37. The number of rotatable bonds is 1. The second-order valence-corrected chi connectivity index (χ2v) is 8.16. The topological polar surface area (TPSA) is 80.9 Å². The summed E-state index contributed by atoms with van der Waals surface area (Å²) < 4.78 is 0. The van der Waals surface area contributed by atoms with Crippen LogP contribution in [0.2, 0.25) is 0 Å². The molecule has 0 heterocycles. The predicted molar refractivity (Wildman–Crippen MR) is 102 cm³/mol. The zero-order valence-electron chi connectivity index (χ0n) is 16.0. The van der Waals surface area contributed by atoms with Gasteiger partial charge in [-0.15, -0.1) is 0 Å². The first-order valence-corrected chi connectivity index (χ1v) is 9.32. The Hall–Kier alpha value is -0.940. The highest BCUT2D eigenvalue weighted by Crippen LogP contribution is 2.27. The molecule has 0 saturated heterocycles. The lowest BCUT2D eigenvalue weighted by molar-refractivity contribution is -0.0352. The lowest BCUT2D eigenvalue weighted by Gasteiger charge is -2.28. The molecular formula is C21H36O4. The van der Waals surface area contributed by atoms with Crippen LogP contribution in [0.4, 0.5) is 0 Å². The molecule has 1 rings (SSSR count). The van der Waals surface area contributed by atoms with Crippen LogP contribution in [0.3, 0.4) is 0 Å². The van der Waals surface area contributed by atoms with Gasteiger partial charge in [0.2, 0.25) is 0 Å². The molecule has 4 nitrogen and oxygen atoms in total. The van der Waals surface area contributed by atoms with Crippen LogP contribution in [-0.2, 0) is 0 Å². The molecule has 0 aliphatic heterocycles. The van der Waals surface area contributed by atoms with Crippen LogP contribution in [-0.4, -0.2) is 44.3 Å². The Morgan fingerprint density at radius 3 is 2.28 bits per heavy atom. The highest BCUT2D eigenvalue weighted by atomic mass is 16.3. The normalized spacial score (nSPS) is 37.0. The summed E-state index contributed by atoms with van der Waals surface area (Å²) in [5.41, 5.74) is 0.173. The van der Waals surface area contributed by atoms with Crippen molar-refractivity contribution in [2.75, 3.05) is 0 Å². The van der Waals surface area contributed by atoms with Gasteiger partial charge >= 0.3 is 0 Å². The van der Waals surface area contributed by atoms with E-state index in [-0.39, 0.29) is 6.42 Å². The van der Waals surface area contributed by atoms with E-state index in [4.69, 9.17) is 0 Å². The molecular weight excluding hydrogens is 316 g/mol. The van der Waals surface area contributed by atoms with Crippen molar-refractivity contribution < 1.29 is 20.4 Å². The number of aliphatic hydroxyl groups excluding tert-OH is 3. The monoisotopic (exact) mass is 352 g/mol. The molecule has 0 fully saturated rings. The minimum atomic E-state index is -1.11. The fourth-order valence-corrected chi connectivity index (χ4v) is 3.26. The number of aliphatic hydroxyl groups is 4. The molecule has 0 bridgehead atoms. The first-order chi connectivity index (χ1) is 11.5. The molecule has 1 aliphatic carbocycles. The van der Waals surface area contributed by atoms with Crippen LogP contribution < -0.4 is 0 Å². The Balaban J connectivity index is 2.96. The summed E-state index contributed by atoms with van der Waals surface area (Å²) in [5.74, 6) is 0.796. The van der Waals surface area contributed by atoms with Crippen molar-refractivity contribution in [2.24, 2.45) is 11.8 Å². The maximum atomic E-state index is 10.5. The van der Waals surface area contributed by atoms with Crippen molar-refractivity contribution in [2.45, 2.75) is 83.2 Å². The third-order valence-electron chi connectivity index (χ3n) is 5.24.